The van der Waals surface area contributed by atoms with E-state index in [4.69, 9.17) is 19.8 Å². The highest BCUT2D eigenvalue weighted by Crippen LogP contribution is 2.36. The van der Waals surface area contributed by atoms with Crippen LogP contribution in [0.25, 0.3) is 37.5 Å². The average molecular weight is 516 g/mol. The fraction of sp³-hybridized carbons (Fsp3) is 0.120. The SMILES string of the molecule is Cc1cc(C)c2c(n1)sc1c2ncn2nc(-c3cccc(COc4ccc(Br)cc4)c3)nc12. The maximum Gasteiger partial charge on any atom is 0.182 e. The van der Waals surface area contributed by atoms with Crippen molar-refractivity contribution in [3.63, 3.8) is 0 Å². The van der Waals surface area contributed by atoms with Gasteiger partial charge in [0.15, 0.2) is 11.5 Å². The van der Waals surface area contributed by atoms with Crippen molar-refractivity contribution in [2.24, 2.45) is 0 Å². The lowest BCUT2D eigenvalue weighted by Crippen LogP contribution is -1.96. The molecule has 0 N–H and O–H groups in total. The highest BCUT2D eigenvalue weighted by atomic mass is 79.9. The number of fused-ring (bicyclic) bond motifs is 5. The first kappa shape index (κ1) is 20.3. The van der Waals surface area contributed by atoms with E-state index in [-0.39, 0.29) is 0 Å². The first-order valence-electron chi connectivity index (χ1n) is 10.4. The maximum atomic E-state index is 5.93. The summed E-state index contributed by atoms with van der Waals surface area (Å²) in [4.78, 5) is 15.3. The summed E-state index contributed by atoms with van der Waals surface area (Å²) in [5, 5.41) is 5.79. The summed E-state index contributed by atoms with van der Waals surface area (Å²) in [6, 6.07) is 18.0. The van der Waals surface area contributed by atoms with Gasteiger partial charge in [-0.15, -0.1) is 16.4 Å². The molecule has 8 heteroatoms. The molecule has 6 aromatic rings. The number of hydrogen-bond acceptors (Lipinski definition) is 6. The number of benzene rings is 2. The molecule has 6 rings (SSSR count). The lowest BCUT2D eigenvalue weighted by Gasteiger charge is -2.07. The molecule has 0 saturated carbocycles. The number of hydrogen-bond donors (Lipinski definition) is 0. The van der Waals surface area contributed by atoms with Crippen LogP contribution in [0.3, 0.4) is 0 Å². The van der Waals surface area contributed by atoms with Crippen LogP contribution in [-0.4, -0.2) is 24.6 Å². The zero-order valence-corrected chi connectivity index (χ0v) is 20.3. The second-order valence-corrected chi connectivity index (χ2v) is 9.85. The highest BCUT2D eigenvalue weighted by Gasteiger charge is 2.17. The molecular weight excluding hydrogens is 498 g/mol. The van der Waals surface area contributed by atoms with E-state index >= 15 is 0 Å². The van der Waals surface area contributed by atoms with Crippen molar-refractivity contribution < 1.29 is 4.74 Å². The molecule has 0 fully saturated rings. The molecule has 0 aliphatic carbocycles. The van der Waals surface area contributed by atoms with E-state index in [9.17, 15) is 0 Å². The molecule has 0 amide bonds. The Morgan fingerprint density at radius 2 is 1.88 bits per heavy atom. The number of thiophene rings is 1. The number of nitrogens with zero attached hydrogens (tertiary/aromatic N) is 5. The molecule has 0 bridgehead atoms. The lowest BCUT2D eigenvalue weighted by atomic mass is 10.1. The fourth-order valence-corrected chi connectivity index (χ4v) is 5.48. The third kappa shape index (κ3) is 3.65. The van der Waals surface area contributed by atoms with Crippen molar-refractivity contribution >= 4 is 53.3 Å². The van der Waals surface area contributed by atoms with Gasteiger partial charge in [-0.25, -0.2) is 19.5 Å². The molecule has 162 valence electrons. The molecular formula is C25H18BrN5OS. The van der Waals surface area contributed by atoms with E-state index < -0.39 is 0 Å². The normalized spacial score (nSPS) is 11.6. The molecule has 0 aliphatic rings. The topological polar surface area (TPSA) is 65.2 Å². The van der Waals surface area contributed by atoms with E-state index in [2.05, 4.69) is 40.0 Å². The van der Waals surface area contributed by atoms with Crippen molar-refractivity contribution in [3.8, 4) is 17.1 Å². The van der Waals surface area contributed by atoms with Gasteiger partial charge in [0.1, 0.15) is 28.2 Å². The van der Waals surface area contributed by atoms with Crippen LogP contribution in [0.5, 0.6) is 5.75 Å². The van der Waals surface area contributed by atoms with Gasteiger partial charge in [0.25, 0.3) is 0 Å². The molecule has 4 heterocycles. The summed E-state index contributed by atoms with van der Waals surface area (Å²) >= 11 is 5.06. The Balaban J connectivity index is 1.38. The third-order valence-electron chi connectivity index (χ3n) is 5.50. The van der Waals surface area contributed by atoms with Crippen molar-refractivity contribution in [2.75, 3.05) is 0 Å². The minimum absolute atomic E-state index is 0.468. The second-order valence-electron chi connectivity index (χ2n) is 7.93. The molecule has 6 nitrogen and oxygen atoms in total. The Kier molecular flexibility index (Phi) is 4.85. The number of halogens is 1. The summed E-state index contributed by atoms with van der Waals surface area (Å²) in [6.45, 7) is 4.59. The highest BCUT2D eigenvalue weighted by molar-refractivity contribution is 9.10. The third-order valence-corrected chi connectivity index (χ3v) is 7.09. The van der Waals surface area contributed by atoms with Gasteiger partial charge in [0.05, 0.1) is 5.52 Å². The van der Waals surface area contributed by atoms with Crippen molar-refractivity contribution in [1.82, 2.24) is 24.6 Å². The average Bonchev–Trinajstić information content (AvgIpc) is 3.40. The van der Waals surface area contributed by atoms with E-state index in [1.54, 1.807) is 22.2 Å². The predicted octanol–water partition coefficient (Wildman–Crippen LogP) is 6.51. The maximum absolute atomic E-state index is 5.93. The van der Waals surface area contributed by atoms with Crippen molar-refractivity contribution in [1.29, 1.82) is 0 Å². The first-order chi connectivity index (χ1) is 16.0. The van der Waals surface area contributed by atoms with E-state index in [0.29, 0.717) is 12.4 Å². The zero-order chi connectivity index (χ0) is 22.5. The number of ether oxygens (including phenoxy) is 1. The van der Waals surface area contributed by atoms with Crippen LogP contribution in [0.4, 0.5) is 0 Å². The number of rotatable bonds is 4. The first-order valence-corrected chi connectivity index (χ1v) is 12.1. The summed E-state index contributed by atoms with van der Waals surface area (Å²) in [6.07, 6.45) is 1.74. The molecule has 0 atom stereocenters. The van der Waals surface area contributed by atoms with Gasteiger partial charge in [-0.05, 0) is 61.4 Å². The Morgan fingerprint density at radius 1 is 1.03 bits per heavy atom. The minimum Gasteiger partial charge on any atom is -0.489 e. The van der Waals surface area contributed by atoms with Crippen molar-refractivity contribution in [2.45, 2.75) is 20.5 Å². The van der Waals surface area contributed by atoms with Gasteiger partial charge in [-0.1, -0.05) is 34.1 Å². The van der Waals surface area contributed by atoms with Gasteiger partial charge in [-0.2, -0.15) is 0 Å². The predicted molar refractivity (Wildman–Crippen MR) is 135 cm³/mol. The number of aryl methyl sites for hydroxylation is 2. The molecule has 0 spiro atoms. The van der Waals surface area contributed by atoms with Crippen LogP contribution < -0.4 is 4.74 Å². The van der Waals surface area contributed by atoms with Crippen LogP contribution in [0.15, 0.2) is 65.4 Å². The van der Waals surface area contributed by atoms with Gasteiger partial charge >= 0.3 is 0 Å². The van der Waals surface area contributed by atoms with Crippen LogP contribution in [0.1, 0.15) is 16.8 Å². The summed E-state index contributed by atoms with van der Waals surface area (Å²) in [5.74, 6) is 1.49. The van der Waals surface area contributed by atoms with Gasteiger partial charge in [-0.3, -0.25) is 0 Å². The number of pyridine rings is 1. The second kappa shape index (κ2) is 7.90. The minimum atomic E-state index is 0.468. The molecule has 0 unspecified atom stereocenters. The van der Waals surface area contributed by atoms with Crippen LogP contribution in [0, 0.1) is 13.8 Å². The Bertz CT molecular complexity index is 1660. The lowest BCUT2D eigenvalue weighted by molar-refractivity contribution is 0.306. The monoisotopic (exact) mass is 515 g/mol. The molecule has 33 heavy (non-hydrogen) atoms. The van der Waals surface area contributed by atoms with Gasteiger partial charge < -0.3 is 4.74 Å². The summed E-state index contributed by atoms with van der Waals surface area (Å²) in [7, 11) is 0. The van der Waals surface area contributed by atoms with Crippen LogP contribution >= 0.6 is 27.3 Å². The van der Waals surface area contributed by atoms with E-state index in [0.717, 1.165) is 53.1 Å². The molecule has 0 saturated heterocycles. The fourth-order valence-electron chi connectivity index (χ4n) is 3.99. The Morgan fingerprint density at radius 3 is 2.73 bits per heavy atom. The summed E-state index contributed by atoms with van der Waals surface area (Å²) < 4.78 is 9.71. The van der Waals surface area contributed by atoms with E-state index in [1.165, 1.54) is 5.56 Å². The summed E-state index contributed by atoms with van der Waals surface area (Å²) in [5.41, 5.74) is 5.91. The smallest absolute Gasteiger partial charge is 0.182 e. The standard InChI is InChI=1S/C25H18BrN5OS/c1-14-10-15(2)28-25-20(14)21-22(33-25)24-29-23(30-31(24)13-27-21)17-5-3-4-16(11-17)12-32-19-8-6-18(26)7-9-19/h3-11,13H,12H2,1-2H3. The molecule has 2 aromatic carbocycles. The largest absolute Gasteiger partial charge is 0.489 e. The Labute approximate surface area is 202 Å². The zero-order valence-electron chi connectivity index (χ0n) is 17.9. The quantitative estimate of drug-likeness (QED) is 0.267. The van der Waals surface area contributed by atoms with Crippen LogP contribution in [0.2, 0.25) is 0 Å². The Hall–Kier alpha value is -3.36. The van der Waals surface area contributed by atoms with E-state index in [1.807, 2.05) is 49.4 Å². The van der Waals surface area contributed by atoms with Crippen LogP contribution in [-0.2, 0) is 6.61 Å². The van der Waals surface area contributed by atoms with Gasteiger partial charge in [0.2, 0.25) is 0 Å². The molecule has 0 radical (unpaired) electrons. The van der Waals surface area contributed by atoms with Crippen molar-refractivity contribution in [3.05, 3.63) is 82.2 Å². The number of aromatic nitrogens is 5. The van der Waals surface area contributed by atoms with Gasteiger partial charge in [0, 0.05) is 21.1 Å². The molecule has 0 aliphatic heterocycles. The molecule has 4 aromatic heterocycles.